The molecule has 0 saturated heterocycles. The molecule has 0 unspecified atom stereocenters. The zero-order valence-electron chi connectivity index (χ0n) is 28.4. The molecular formula is C48H33N3. The van der Waals surface area contributed by atoms with Gasteiger partial charge in [0.1, 0.15) is 0 Å². The lowest BCUT2D eigenvalue weighted by Gasteiger charge is -2.22. The third-order valence-electron chi connectivity index (χ3n) is 10.7. The van der Waals surface area contributed by atoms with Crippen LogP contribution in [0.2, 0.25) is 0 Å². The van der Waals surface area contributed by atoms with Crippen LogP contribution in [-0.2, 0) is 5.41 Å². The molecular weight excluding hydrogens is 619 g/mol. The van der Waals surface area contributed by atoms with Gasteiger partial charge in [-0.25, -0.2) is 15.0 Å². The van der Waals surface area contributed by atoms with Crippen LogP contribution in [0.15, 0.2) is 164 Å². The maximum Gasteiger partial charge on any atom is 0.164 e. The summed E-state index contributed by atoms with van der Waals surface area (Å²) in [7, 11) is 0. The van der Waals surface area contributed by atoms with Crippen molar-refractivity contribution in [2.24, 2.45) is 0 Å². The highest BCUT2D eigenvalue weighted by Crippen LogP contribution is 2.53. The van der Waals surface area contributed by atoms with E-state index in [4.69, 9.17) is 15.0 Å². The minimum Gasteiger partial charge on any atom is -0.208 e. The summed E-state index contributed by atoms with van der Waals surface area (Å²) < 4.78 is 0. The Morgan fingerprint density at radius 3 is 1.55 bits per heavy atom. The molecule has 51 heavy (non-hydrogen) atoms. The molecule has 1 aliphatic carbocycles. The van der Waals surface area contributed by atoms with Crippen LogP contribution in [0, 0.1) is 0 Å². The Labute approximate surface area is 297 Å². The molecule has 0 aliphatic heterocycles. The second-order valence-electron chi connectivity index (χ2n) is 14.0. The quantitative estimate of drug-likeness (QED) is 0.178. The summed E-state index contributed by atoms with van der Waals surface area (Å²) in [4.78, 5) is 15.2. The molecule has 0 amide bonds. The van der Waals surface area contributed by atoms with Crippen molar-refractivity contribution in [1.82, 2.24) is 15.0 Å². The maximum atomic E-state index is 5.12. The van der Waals surface area contributed by atoms with Gasteiger partial charge in [-0.05, 0) is 71.8 Å². The molecule has 3 nitrogen and oxygen atoms in total. The molecule has 240 valence electrons. The van der Waals surface area contributed by atoms with E-state index in [0.717, 1.165) is 22.3 Å². The van der Waals surface area contributed by atoms with Gasteiger partial charge in [-0.2, -0.15) is 0 Å². The summed E-state index contributed by atoms with van der Waals surface area (Å²) in [6, 6.07) is 58.3. The molecule has 1 aromatic heterocycles. The Morgan fingerprint density at radius 2 is 0.824 bits per heavy atom. The Bertz CT molecular complexity index is 2780. The fraction of sp³-hybridized carbons (Fsp3) is 0.0625. The average Bonchev–Trinajstić information content (AvgIpc) is 3.44. The van der Waals surface area contributed by atoms with E-state index in [1.54, 1.807) is 0 Å². The molecule has 1 aliphatic rings. The van der Waals surface area contributed by atoms with Gasteiger partial charge in [0.15, 0.2) is 17.5 Å². The smallest absolute Gasteiger partial charge is 0.164 e. The molecule has 0 bridgehead atoms. The first kappa shape index (κ1) is 29.5. The third kappa shape index (κ3) is 4.62. The van der Waals surface area contributed by atoms with Crippen LogP contribution in [-0.4, -0.2) is 15.0 Å². The summed E-state index contributed by atoms with van der Waals surface area (Å²) in [5.41, 5.74) is 10.6. The second-order valence-corrected chi connectivity index (χ2v) is 14.0. The molecule has 0 atom stereocenters. The molecule has 1 heterocycles. The third-order valence-corrected chi connectivity index (χ3v) is 10.7. The molecule has 9 aromatic rings. The number of hydrogen-bond acceptors (Lipinski definition) is 3. The van der Waals surface area contributed by atoms with Crippen LogP contribution in [0.4, 0.5) is 0 Å². The summed E-state index contributed by atoms with van der Waals surface area (Å²) in [6.07, 6.45) is 0. The number of hydrogen-bond donors (Lipinski definition) is 0. The van der Waals surface area contributed by atoms with Crippen LogP contribution >= 0.6 is 0 Å². The van der Waals surface area contributed by atoms with Crippen molar-refractivity contribution in [3.8, 4) is 56.4 Å². The van der Waals surface area contributed by atoms with E-state index < -0.39 is 0 Å². The van der Waals surface area contributed by atoms with Crippen LogP contribution in [0.5, 0.6) is 0 Å². The Balaban J connectivity index is 1.18. The van der Waals surface area contributed by atoms with Crippen LogP contribution in [0.3, 0.4) is 0 Å². The van der Waals surface area contributed by atoms with Crippen molar-refractivity contribution in [3.63, 3.8) is 0 Å². The van der Waals surface area contributed by atoms with E-state index in [9.17, 15) is 0 Å². The van der Waals surface area contributed by atoms with Crippen molar-refractivity contribution in [2.45, 2.75) is 19.3 Å². The van der Waals surface area contributed by atoms with Crippen molar-refractivity contribution in [1.29, 1.82) is 0 Å². The van der Waals surface area contributed by atoms with E-state index >= 15 is 0 Å². The zero-order chi connectivity index (χ0) is 34.1. The summed E-state index contributed by atoms with van der Waals surface area (Å²) in [5, 5.41) is 7.51. The lowest BCUT2D eigenvalue weighted by atomic mass is 9.81. The number of fused-ring (bicyclic) bond motifs is 10. The van der Waals surface area contributed by atoms with E-state index in [-0.39, 0.29) is 5.41 Å². The zero-order valence-corrected chi connectivity index (χ0v) is 28.4. The van der Waals surface area contributed by atoms with Crippen molar-refractivity contribution >= 4 is 32.3 Å². The molecule has 3 heteroatoms. The number of benzene rings is 8. The highest BCUT2D eigenvalue weighted by molar-refractivity contribution is 6.29. The monoisotopic (exact) mass is 651 g/mol. The minimum atomic E-state index is -0.0608. The first-order valence-corrected chi connectivity index (χ1v) is 17.5. The average molecular weight is 652 g/mol. The summed E-state index contributed by atoms with van der Waals surface area (Å²) in [6.45, 7) is 4.70. The standard InChI is InChI=1S/C48H33N3/c1-48(2)41-20-12-11-19-39(41)44-42(48)28-27-38-36-26-25-34(29-40(36)35-17-9-10-18-37(35)43(38)44)47-50-45(32-15-7-4-8-16-32)49-46(51-47)33-23-21-31(22-24-33)30-13-5-3-6-14-30/h3-29H,1-2H3. The maximum absolute atomic E-state index is 5.12. The molecule has 0 radical (unpaired) electrons. The summed E-state index contributed by atoms with van der Waals surface area (Å²) >= 11 is 0. The van der Waals surface area contributed by atoms with Crippen LogP contribution in [0.25, 0.3) is 88.7 Å². The topological polar surface area (TPSA) is 38.7 Å². The Hall–Kier alpha value is -6.45. The second kappa shape index (κ2) is 11.3. The largest absolute Gasteiger partial charge is 0.208 e. The van der Waals surface area contributed by atoms with Gasteiger partial charge in [-0.15, -0.1) is 0 Å². The fourth-order valence-electron chi connectivity index (χ4n) is 8.17. The number of nitrogens with zero attached hydrogens (tertiary/aromatic N) is 3. The van der Waals surface area contributed by atoms with Crippen molar-refractivity contribution < 1.29 is 0 Å². The minimum absolute atomic E-state index is 0.0608. The van der Waals surface area contributed by atoms with Gasteiger partial charge >= 0.3 is 0 Å². The van der Waals surface area contributed by atoms with Crippen LogP contribution in [0.1, 0.15) is 25.0 Å². The molecule has 8 aromatic carbocycles. The highest BCUT2D eigenvalue weighted by atomic mass is 15.0. The Kier molecular flexibility index (Phi) is 6.53. The van der Waals surface area contributed by atoms with E-state index in [1.165, 1.54) is 60.1 Å². The van der Waals surface area contributed by atoms with Gasteiger partial charge in [-0.3, -0.25) is 0 Å². The number of aromatic nitrogens is 3. The highest BCUT2D eigenvalue weighted by Gasteiger charge is 2.36. The first-order valence-electron chi connectivity index (χ1n) is 17.5. The van der Waals surface area contributed by atoms with E-state index in [0.29, 0.717) is 17.5 Å². The van der Waals surface area contributed by atoms with Gasteiger partial charge < -0.3 is 0 Å². The van der Waals surface area contributed by atoms with Crippen molar-refractivity contribution in [3.05, 3.63) is 175 Å². The molecule has 0 spiro atoms. The van der Waals surface area contributed by atoms with Gasteiger partial charge in [0, 0.05) is 22.1 Å². The molecule has 10 rings (SSSR count). The van der Waals surface area contributed by atoms with Crippen molar-refractivity contribution in [2.75, 3.05) is 0 Å². The Morgan fingerprint density at radius 1 is 0.353 bits per heavy atom. The predicted molar refractivity (Wildman–Crippen MR) is 212 cm³/mol. The summed E-state index contributed by atoms with van der Waals surface area (Å²) in [5.74, 6) is 1.96. The lowest BCUT2D eigenvalue weighted by Crippen LogP contribution is -2.14. The fourth-order valence-corrected chi connectivity index (χ4v) is 8.17. The SMILES string of the molecule is CC1(C)c2ccccc2-c2c1ccc1c3ccc(-c4nc(-c5ccccc5)nc(-c5ccc(-c6ccccc6)cc5)n4)cc3c3ccccc3c21. The van der Waals surface area contributed by atoms with E-state index in [2.05, 4.69) is 153 Å². The van der Waals surface area contributed by atoms with Gasteiger partial charge in [0.25, 0.3) is 0 Å². The van der Waals surface area contributed by atoms with E-state index in [1.807, 2.05) is 24.3 Å². The van der Waals surface area contributed by atoms with Crippen LogP contribution < -0.4 is 0 Å². The predicted octanol–water partition coefficient (Wildman–Crippen LogP) is 12.3. The van der Waals surface area contributed by atoms with Gasteiger partial charge in [0.2, 0.25) is 0 Å². The van der Waals surface area contributed by atoms with Gasteiger partial charge in [-0.1, -0.05) is 172 Å². The number of rotatable bonds is 4. The molecule has 0 N–H and O–H groups in total. The molecule has 0 saturated carbocycles. The molecule has 0 fully saturated rings. The first-order chi connectivity index (χ1) is 25.0. The normalized spacial score (nSPS) is 13.1. The lowest BCUT2D eigenvalue weighted by molar-refractivity contribution is 0.661. The van der Waals surface area contributed by atoms with Gasteiger partial charge in [0.05, 0.1) is 0 Å².